The van der Waals surface area contributed by atoms with E-state index in [9.17, 15) is 9.59 Å². The van der Waals surface area contributed by atoms with E-state index in [4.69, 9.17) is 14.2 Å². The number of Topliss-reactive ketones (excluding diaryl/α,β-unsaturated/α-hetero) is 1. The third kappa shape index (κ3) is 4.46. The van der Waals surface area contributed by atoms with Gasteiger partial charge in [-0.3, -0.25) is 14.9 Å². The van der Waals surface area contributed by atoms with Gasteiger partial charge in [0.25, 0.3) is 0 Å². The van der Waals surface area contributed by atoms with E-state index in [0.717, 1.165) is 0 Å². The van der Waals surface area contributed by atoms with E-state index in [1.54, 1.807) is 18.2 Å². The first-order valence-electron chi connectivity index (χ1n) is 7.01. The number of methoxy groups -OCH3 is 3. The number of carbonyl (C=O) groups is 2. The molecule has 0 aliphatic carbocycles. The van der Waals surface area contributed by atoms with Crippen molar-refractivity contribution in [2.24, 2.45) is 5.92 Å². The first-order valence-corrected chi connectivity index (χ1v) is 7.01. The highest BCUT2D eigenvalue weighted by atomic mass is 16.5. The number of benzene rings is 1. The summed E-state index contributed by atoms with van der Waals surface area (Å²) in [5.41, 5.74) is 0.484. The Morgan fingerprint density at radius 2 is 1.73 bits per heavy atom. The van der Waals surface area contributed by atoms with Crippen LogP contribution in [0.2, 0.25) is 0 Å². The number of hydrogen-bond acceptors (Lipinski definition) is 6. The summed E-state index contributed by atoms with van der Waals surface area (Å²) >= 11 is 0. The van der Waals surface area contributed by atoms with Crippen molar-refractivity contribution >= 4 is 11.8 Å². The monoisotopic (exact) mass is 309 g/mol. The van der Waals surface area contributed by atoms with E-state index in [-0.39, 0.29) is 24.2 Å². The van der Waals surface area contributed by atoms with Gasteiger partial charge in [0, 0.05) is 5.56 Å². The molecule has 122 valence electrons. The number of carbonyl (C=O) groups excluding carboxylic acids is 2. The molecular formula is C16H23NO5. The SMILES string of the molecule is COC(=O)C(NCC(=O)c1ccc(OC)c(OC)c1)C(C)C. The molecule has 0 saturated carbocycles. The molecule has 22 heavy (non-hydrogen) atoms. The van der Waals surface area contributed by atoms with E-state index in [1.807, 2.05) is 13.8 Å². The highest BCUT2D eigenvalue weighted by Gasteiger charge is 2.23. The van der Waals surface area contributed by atoms with Gasteiger partial charge in [0.05, 0.1) is 27.9 Å². The Kier molecular flexibility index (Phi) is 6.85. The molecule has 1 aromatic rings. The highest BCUT2D eigenvalue weighted by Crippen LogP contribution is 2.27. The summed E-state index contributed by atoms with van der Waals surface area (Å²) in [4.78, 5) is 23.9. The molecule has 1 N–H and O–H groups in total. The quantitative estimate of drug-likeness (QED) is 0.582. The largest absolute Gasteiger partial charge is 0.493 e. The van der Waals surface area contributed by atoms with Gasteiger partial charge in [-0.15, -0.1) is 0 Å². The van der Waals surface area contributed by atoms with E-state index < -0.39 is 6.04 Å². The molecule has 0 aliphatic heterocycles. The molecule has 6 nitrogen and oxygen atoms in total. The summed E-state index contributed by atoms with van der Waals surface area (Å²) < 4.78 is 15.0. The molecule has 0 aromatic heterocycles. The van der Waals surface area contributed by atoms with Crippen LogP contribution in [0.4, 0.5) is 0 Å². The Morgan fingerprint density at radius 1 is 1.09 bits per heavy atom. The van der Waals surface area contributed by atoms with Gasteiger partial charge < -0.3 is 14.2 Å². The predicted octanol–water partition coefficient (Wildman–Crippen LogP) is 1.67. The van der Waals surface area contributed by atoms with Crippen molar-refractivity contribution in [3.05, 3.63) is 23.8 Å². The van der Waals surface area contributed by atoms with Crippen molar-refractivity contribution in [1.29, 1.82) is 0 Å². The van der Waals surface area contributed by atoms with Crippen molar-refractivity contribution in [3.8, 4) is 11.5 Å². The topological polar surface area (TPSA) is 73.9 Å². The number of ketones is 1. The first kappa shape index (κ1) is 18.0. The lowest BCUT2D eigenvalue weighted by Crippen LogP contribution is -2.44. The lowest BCUT2D eigenvalue weighted by Gasteiger charge is -2.19. The molecule has 0 fully saturated rings. The van der Waals surface area contributed by atoms with E-state index >= 15 is 0 Å². The number of esters is 1. The molecule has 0 amide bonds. The lowest BCUT2D eigenvalue weighted by molar-refractivity contribution is -0.144. The van der Waals surface area contributed by atoms with Gasteiger partial charge in [0.15, 0.2) is 17.3 Å². The fourth-order valence-electron chi connectivity index (χ4n) is 2.03. The van der Waals surface area contributed by atoms with Crippen molar-refractivity contribution in [1.82, 2.24) is 5.32 Å². The fourth-order valence-corrected chi connectivity index (χ4v) is 2.03. The van der Waals surface area contributed by atoms with Crippen molar-refractivity contribution < 1.29 is 23.8 Å². The lowest BCUT2D eigenvalue weighted by atomic mass is 10.0. The molecule has 1 atom stereocenters. The molecule has 0 bridgehead atoms. The maximum Gasteiger partial charge on any atom is 0.323 e. The summed E-state index contributed by atoms with van der Waals surface area (Å²) in [5.74, 6) is 0.541. The number of hydrogen-bond donors (Lipinski definition) is 1. The van der Waals surface area contributed by atoms with Crippen LogP contribution in [0.1, 0.15) is 24.2 Å². The molecule has 0 radical (unpaired) electrons. The highest BCUT2D eigenvalue weighted by molar-refractivity contribution is 5.98. The van der Waals surface area contributed by atoms with Gasteiger partial charge in [0.2, 0.25) is 0 Å². The van der Waals surface area contributed by atoms with Crippen LogP contribution in [0.25, 0.3) is 0 Å². The molecule has 1 rings (SSSR count). The summed E-state index contributed by atoms with van der Waals surface area (Å²) in [6, 6.07) is 4.43. The van der Waals surface area contributed by atoms with Crippen LogP contribution in [0.5, 0.6) is 11.5 Å². The first-order chi connectivity index (χ1) is 10.4. The Hall–Kier alpha value is -2.08. The van der Waals surface area contributed by atoms with Crippen LogP contribution in [0.3, 0.4) is 0 Å². The van der Waals surface area contributed by atoms with Crippen molar-refractivity contribution in [2.45, 2.75) is 19.9 Å². The summed E-state index contributed by atoms with van der Waals surface area (Å²) in [7, 11) is 4.37. The zero-order valence-electron chi connectivity index (χ0n) is 13.6. The second kappa shape index (κ2) is 8.38. The zero-order chi connectivity index (χ0) is 16.7. The molecule has 6 heteroatoms. The average Bonchev–Trinajstić information content (AvgIpc) is 2.53. The van der Waals surface area contributed by atoms with Crippen LogP contribution in [-0.4, -0.2) is 45.7 Å². The van der Waals surface area contributed by atoms with Gasteiger partial charge in [-0.1, -0.05) is 13.8 Å². The molecule has 0 saturated heterocycles. The third-order valence-electron chi connectivity index (χ3n) is 3.31. The summed E-state index contributed by atoms with van der Waals surface area (Å²) in [6.07, 6.45) is 0. The van der Waals surface area contributed by atoms with Crippen LogP contribution in [0.15, 0.2) is 18.2 Å². The van der Waals surface area contributed by atoms with Gasteiger partial charge in [-0.2, -0.15) is 0 Å². The summed E-state index contributed by atoms with van der Waals surface area (Å²) in [6.45, 7) is 3.80. The second-order valence-electron chi connectivity index (χ2n) is 5.12. The maximum absolute atomic E-state index is 12.2. The molecular weight excluding hydrogens is 286 g/mol. The fraction of sp³-hybridized carbons (Fsp3) is 0.500. The van der Waals surface area contributed by atoms with Crippen molar-refractivity contribution in [2.75, 3.05) is 27.9 Å². The van der Waals surface area contributed by atoms with Crippen LogP contribution < -0.4 is 14.8 Å². The minimum absolute atomic E-state index is 0.0191. The smallest absolute Gasteiger partial charge is 0.323 e. The predicted molar refractivity (Wildman–Crippen MR) is 82.5 cm³/mol. The molecule has 1 aromatic carbocycles. The van der Waals surface area contributed by atoms with Gasteiger partial charge in [0.1, 0.15) is 6.04 Å². The van der Waals surface area contributed by atoms with E-state index in [2.05, 4.69) is 5.32 Å². The van der Waals surface area contributed by atoms with E-state index in [0.29, 0.717) is 17.1 Å². The molecule has 0 spiro atoms. The van der Waals surface area contributed by atoms with Crippen LogP contribution >= 0.6 is 0 Å². The Morgan fingerprint density at radius 3 is 2.23 bits per heavy atom. The van der Waals surface area contributed by atoms with Gasteiger partial charge >= 0.3 is 5.97 Å². The van der Waals surface area contributed by atoms with Crippen molar-refractivity contribution in [3.63, 3.8) is 0 Å². The maximum atomic E-state index is 12.2. The molecule has 1 unspecified atom stereocenters. The average molecular weight is 309 g/mol. The number of ether oxygens (including phenoxy) is 3. The second-order valence-corrected chi connectivity index (χ2v) is 5.12. The molecule has 0 heterocycles. The van der Waals surface area contributed by atoms with Gasteiger partial charge in [-0.05, 0) is 24.1 Å². The minimum atomic E-state index is -0.519. The van der Waals surface area contributed by atoms with Crippen LogP contribution in [0, 0.1) is 5.92 Å². The minimum Gasteiger partial charge on any atom is -0.493 e. The Labute approximate surface area is 130 Å². The van der Waals surface area contributed by atoms with E-state index in [1.165, 1.54) is 21.3 Å². The standard InChI is InChI=1S/C16H23NO5/c1-10(2)15(16(19)22-5)17-9-12(18)11-6-7-13(20-3)14(8-11)21-4/h6-8,10,15,17H,9H2,1-5H3. The zero-order valence-corrected chi connectivity index (χ0v) is 13.6. The van der Waals surface area contributed by atoms with Crippen LogP contribution in [-0.2, 0) is 9.53 Å². The Bertz CT molecular complexity index is 527. The Balaban J connectivity index is 2.78. The van der Waals surface area contributed by atoms with Gasteiger partial charge in [-0.25, -0.2) is 0 Å². The summed E-state index contributed by atoms with van der Waals surface area (Å²) in [5, 5.41) is 2.94. The number of rotatable bonds is 8. The normalized spacial score (nSPS) is 11.9. The third-order valence-corrected chi connectivity index (χ3v) is 3.31. The molecule has 0 aliphatic rings. The number of nitrogens with one attached hydrogen (secondary N) is 1.